The largest absolute Gasteiger partial charge is 0.481 e. The van der Waals surface area contributed by atoms with Crippen LogP contribution in [0.25, 0.3) is 0 Å². The number of hydrogen-bond donors (Lipinski definition) is 4. The fourth-order valence-corrected chi connectivity index (χ4v) is 2.61. The lowest BCUT2D eigenvalue weighted by molar-refractivity contribution is -0.138. The molecule has 0 radical (unpaired) electrons. The second-order valence-electron chi connectivity index (χ2n) is 6.98. The summed E-state index contributed by atoms with van der Waals surface area (Å²) >= 11 is 0. The maximum atomic E-state index is 13.7. The van der Waals surface area contributed by atoms with Gasteiger partial charge in [-0.15, -0.1) is 0 Å². The highest BCUT2D eigenvalue weighted by atomic mass is 19.2. The molecule has 1 atom stereocenters. The van der Waals surface area contributed by atoms with Gasteiger partial charge in [-0.05, 0) is 18.6 Å². The Kier molecular flexibility index (Phi) is 9.83. The zero-order chi connectivity index (χ0) is 26.8. The normalized spacial score (nSPS) is 11.2. The van der Waals surface area contributed by atoms with E-state index in [4.69, 9.17) is 5.11 Å². The predicted octanol–water partition coefficient (Wildman–Crippen LogP) is 0.690. The highest BCUT2D eigenvalue weighted by molar-refractivity contribution is 6.39. The Bertz CT molecular complexity index is 1140. The van der Waals surface area contributed by atoms with E-state index in [9.17, 15) is 41.5 Å². The molecule has 0 fully saturated rings. The van der Waals surface area contributed by atoms with Crippen LogP contribution in [0.3, 0.4) is 0 Å². The first-order chi connectivity index (χ1) is 17.0. The fraction of sp³-hybridized carbons (Fsp3) is 0.238. The molecule has 36 heavy (non-hydrogen) atoms. The van der Waals surface area contributed by atoms with Crippen molar-refractivity contribution in [2.24, 2.45) is 0 Å². The smallest absolute Gasteiger partial charge is 0.313 e. The van der Waals surface area contributed by atoms with Crippen LogP contribution in [0.4, 0.5) is 23.2 Å². The number of aliphatic carboxylic acids is 1. The van der Waals surface area contributed by atoms with Crippen molar-refractivity contribution in [1.82, 2.24) is 15.6 Å². The number of ether oxygens (including phenoxy) is 1. The SMILES string of the molecule is O=C(O)CCC(NC(=O)CNC(=O)C(=O)Nc1cccnc1)C(=O)COc1c(F)c(F)cc(F)c1F. The number of hydrogen-bond acceptors (Lipinski definition) is 7. The lowest BCUT2D eigenvalue weighted by atomic mass is 10.1. The summed E-state index contributed by atoms with van der Waals surface area (Å²) in [6, 6.07) is 1.29. The lowest BCUT2D eigenvalue weighted by Crippen LogP contribution is -2.48. The van der Waals surface area contributed by atoms with Gasteiger partial charge < -0.3 is 25.8 Å². The first kappa shape index (κ1) is 27.7. The van der Waals surface area contributed by atoms with E-state index in [0.29, 0.717) is 0 Å². The number of rotatable bonds is 11. The minimum absolute atomic E-state index is 0.0689. The van der Waals surface area contributed by atoms with Crippen LogP contribution < -0.4 is 20.7 Å². The second-order valence-corrected chi connectivity index (χ2v) is 6.98. The van der Waals surface area contributed by atoms with Crippen LogP contribution in [0.15, 0.2) is 30.6 Å². The molecule has 0 saturated carbocycles. The molecule has 0 aliphatic heterocycles. The summed E-state index contributed by atoms with van der Waals surface area (Å²) in [6.45, 7) is -2.00. The summed E-state index contributed by atoms with van der Waals surface area (Å²) in [5.41, 5.74) is 0.201. The number of nitrogens with zero attached hydrogens (tertiary/aromatic N) is 1. The van der Waals surface area contributed by atoms with E-state index in [1.807, 2.05) is 5.32 Å². The van der Waals surface area contributed by atoms with E-state index in [1.54, 1.807) is 0 Å². The van der Waals surface area contributed by atoms with Crippen LogP contribution in [-0.4, -0.2) is 58.8 Å². The molecular weight excluding hydrogens is 496 g/mol. The third-order valence-corrected chi connectivity index (χ3v) is 4.34. The predicted molar refractivity (Wildman–Crippen MR) is 111 cm³/mol. The number of anilines is 1. The van der Waals surface area contributed by atoms with Crippen LogP contribution >= 0.6 is 0 Å². The second kappa shape index (κ2) is 12.8. The van der Waals surface area contributed by atoms with Gasteiger partial charge in [-0.1, -0.05) is 0 Å². The molecule has 0 bridgehead atoms. The van der Waals surface area contributed by atoms with Crippen LogP contribution in [0, 0.1) is 23.3 Å². The molecule has 192 valence electrons. The molecular formula is C21H18F4N4O7. The van der Waals surface area contributed by atoms with Crippen molar-refractivity contribution in [3.05, 3.63) is 53.9 Å². The van der Waals surface area contributed by atoms with Gasteiger partial charge in [0.05, 0.1) is 24.5 Å². The number of Topliss-reactive ketones (excluding diaryl/α,β-unsaturated/α-hetero) is 1. The zero-order valence-corrected chi connectivity index (χ0v) is 18.1. The Hall–Kier alpha value is -4.56. The standard InChI is InChI=1S/C21H18F4N4O7/c22-11-6-12(23)18(25)19(17(11)24)36-9-14(30)13(3-4-16(32)33)29-15(31)8-27-20(34)21(35)28-10-2-1-5-26-7-10/h1-2,5-7,13H,3-4,8-9H2,(H,27,34)(H,28,35)(H,29,31)(H,32,33). The maximum absolute atomic E-state index is 13.7. The average molecular weight is 514 g/mol. The average Bonchev–Trinajstić information content (AvgIpc) is 2.84. The number of carbonyl (C=O) groups excluding carboxylic acids is 4. The van der Waals surface area contributed by atoms with E-state index in [-0.39, 0.29) is 11.8 Å². The monoisotopic (exact) mass is 514 g/mol. The van der Waals surface area contributed by atoms with Gasteiger partial charge in [0.1, 0.15) is 6.61 Å². The molecule has 4 N–H and O–H groups in total. The van der Waals surface area contributed by atoms with Gasteiger partial charge in [0, 0.05) is 18.7 Å². The number of benzene rings is 1. The Morgan fingerprint density at radius 3 is 2.28 bits per heavy atom. The third-order valence-electron chi connectivity index (χ3n) is 4.34. The Morgan fingerprint density at radius 1 is 1.03 bits per heavy atom. The minimum atomic E-state index is -1.90. The number of amides is 3. The molecule has 0 spiro atoms. The van der Waals surface area contributed by atoms with Crippen LogP contribution in [-0.2, 0) is 24.0 Å². The van der Waals surface area contributed by atoms with Gasteiger partial charge in [0.25, 0.3) is 0 Å². The number of carboxylic acid groups (broad SMARTS) is 1. The van der Waals surface area contributed by atoms with Crippen molar-refractivity contribution in [1.29, 1.82) is 0 Å². The van der Waals surface area contributed by atoms with E-state index in [1.165, 1.54) is 24.5 Å². The lowest BCUT2D eigenvalue weighted by Gasteiger charge is -2.18. The molecule has 0 aliphatic rings. The molecule has 1 heterocycles. The molecule has 2 rings (SSSR count). The van der Waals surface area contributed by atoms with Crippen molar-refractivity contribution in [3.63, 3.8) is 0 Å². The van der Waals surface area contributed by atoms with Gasteiger partial charge in [0.15, 0.2) is 23.2 Å². The van der Waals surface area contributed by atoms with Gasteiger partial charge in [-0.2, -0.15) is 8.78 Å². The Morgan fingerprint density at radius 2 is 1.69 bits per heavy atom. The summed E-state index contributed by atoms with van der Waals surface area (Å²) in [5, 5.41) is 15.1. The number of carbonyl (C=O) groups is 5. The van der Waals surface area contributed by atoms with Crippen molar-refractivity contribution < 1.29 is 51.4 Å². The summed E-state index contributed by atoms with van der Waals surface area (Å²) in [4.78, 5) is 62.8. The molecule has 1 aromatic carbocycles. The van der Waals surface area contributed by atoms with Crippen LogP contribution in [0.2, 0.25) is 0 Å². The Balaban J connectivity index is 1.96. The summed E-state index contributed by atoms with van der Waals surface area (Å²) in [5.74, 6) is -14.7. The van der Waals surface area contributed by atoms with Crippen LogP contribution in [0.1, 0.15) is 12.8 Å². The van der Waals surface area contributed by atoms with Gasteiger partial charge >= 0.3 is 17.8 Å². The van der Waals surface area contributed by atoms with Crippen molar-refractivity contribution in [3.8, 4) is 5.75 Å². The number of pyridine rings is 1. The van der Waals surface area contributed by atoms with E-state index in [2.05, 4.69) is 20.4 Å². The highest BCUT2D eigenvalue weighted by Crippen LogP contribution is 2.26. The molecule has 1 aromatic heterocycles. The number of halogens is 4. The first-order valence-electron chi connectivity index (χ1n) is 9.98. The highest BCUT2D eigenvalue weighted by Gasteiger charge is 2.26. The first-order valence-corrected chi connectivity index (χ1v) is 9.98. The third kappa shape index (κ3) is 8.03. The van der Waals surface area contributed by atoms with Gasteiger partial charge in [0.2, 0.25) is 17.5 Å². The molecule has 2 aromatic rings. The maximum Gasteiger partial charge on any atom is 0.313 e. The van der Waals surface area contributed by atoms with Crippen molar-refractivity contribution in [2.75, 3.05) is 18.5 Å². The molecule has 0 saturated heterocycles. The Labute approximate surface area is 199 Å². The summed E-state index contributed by atoms with van der Waals surface area (Å²) in [6.07, 6.45) is 1.56. The topological polar surface area (TPSA) is 164 Å². The summed E-state index contributed by atoms with van der Waals surface area (Å²) in [7, 11) is 0. The van der Waals surface area contributed by atoms with Crippen molar-refractivity contribution >= 4 is 35.2 Å². The van der Waals surface area contributed by atoms with E-state index >= 15 is 0 Å². The van der Waals surface area contributed by atoms with Crippen LogP contribution in [0.5, 0.6) is 5.75 Å². The molecule has 11 nitrogen and oxygen atoms in total. The zero-order valence-electron chi connectivity index (χ0n) is 18.1. The number of ketones is 1. The van der Waals surface area contributed by atoms with Gasteiger partial charge in [-0.25, -0.2) is 8.78 Å². The number of carboxylic acids is 1. The quantitative estimate of drug-likeness (QED) is 0.193. The molecule has 15 heteroatoms. The molecule has 1 unspecified atom stereocenters. The fourth-order valence-electron chi connectivity index (χ4n) is 2.61. The minimum Gasteiger partial charge on any atom is -0.481 e. The molecule has 0 aliphatic carbocycles. The molecule has 3 amide bonds. The number of aromatic nitrogens is 1. The summed E-state index contributed by atoms with van der Waals surface area (Å²) < 4.78 is 58.5. The van der Waals surface area contributed by atoms with E-state index in [0.717, 1.165) is 0 Å². The number of nitrogens with one attached hydrogen (secondary N) is 3. The van der Waals surface area contributed by atoms with Gasteiger partial charge in [-0.3, -0.25) is 29.0 Å². The van der Waals surface area contributed by atoms with E-state index < -0.39 is 90.5 Å². The van der Waals surface area contributed by atoms with Crippen molar-refractivity contribution in [2.45, 2.75) is 18.9 Å².